The third kappa shape index (κ3) is 5.45. The minimum atomic E-state index is -3.45. The zero-order chi connectivity index (χ0) is 25.2. The summed E-state index contributed by atoms with van der Waals surface area (Å²) >= 11 is 6.38. The standard InChI is InChI=1S/C28H25ClN2O3S/c1-4-19-8-9-20(15-18(19)2)24-17-22(35(3,33)34)11-12-23(24)28(32)31-21-10-13-26(29)25(16-21)27-7-5-6-14-30-27/h5-17H,4H2,1-3H3,(H,31,32). The molecule has 1 N–H and O–H groups in total. The largest absolute Gasteiger partial charge is 0.322 e. The van der Waals surface area contributed by atoms with Gasteiger partial charge in [-0.3, -0.25) is 9.78 Å². The Morgan fingerprint density at radius 1 is 0.971 bits per heavy atom. The Morgan fingerprint density at radius 3 is 2.43 bits per heavy atom. The van der Waals surface area contributed by atoms with Crippen LogP contribution in [-0.2, 0) is 16.3 Å². The Kier molecular flexibility index (Phi) is 7.05. The van der Waals surface area contributed by atoms with Crippen molar-refractivity contribution in [1.29, 1.82) is 0 Å². The van der Waals surface area contributed by atoms with Gasteiger partial charge >= 0.3 is 0 Å². The minimum absolute atomic E-state index is 0.158. The average Bonchev–Trinajstić information content (AvgIpc) is 2.84. The second-order valence-corrected chi connectivity index (χ2v) is 10.8. The monoisotopic (exact) mass is 504 g/mol. The molecule has 0 bridgehead atoms. The van der Waals surface area contributed by atoms with Crippen molar-refractivity contribution >= 4 is 33.0 Å². The number of nitrogens with zero attached hydrogens (tertiary/aromatic N) is 1. The van der Waals surface area contributed by atoms with Gasteiger partial charge < -0.3 is 5.32 Å². The Labute approximate surface area is 210 Å². The van der Waals surface area contributed by atoms with Gasteiger partial charge in [0.25, 0.3) is 5.91 Å². The number of sulfone groups is 1. The number of halogens is 1. The number of anilines is 1. The number of hydrogen-bond donors (Lipinski definition) is 1. The van der Waals surface area contributed by atoms with E-state index in [1.807, 2.05) is 43.3 Å². The van der Waals surface area contributed by atoms with E-state index in [1.165, 1.54) is 11.6 Å². The van der Waals surface area contributed by atoms with E-state index in [-0.39, 0.29) is 10.8 Å². The fourth-order valence-corrected chi connectivity index (χ4v) is 4.83. The number of nitrogens with one attached hydrogen (secondary N) is 1. The lowest BCUT2D eigenvalue weighted by Gasteiger charge is -2.14. The second-order valence-electron chi connectivity index (χ2n) is 8.34. The van der Waals surface area contributed by atoms with Crippen molar-refractivity contribution in [2.45, 2.75) is 25.2 Å². The highest BCUT2D eigenvalue weighted by Crippen LogP contribution is 2.32. The van der Waals surface area contributed by atoms with E-state index in [0.717, 1.165) is 23.8 Å². The van der Waals surface area contributed by atoms with Crippen LogP contribution in [0, 0.1) is 6.92 Å². The maximum atomic E-state index is 13.4. The summed E-state index contributed by atoms with van der Waals surface area (Å²) in [5.74, 6) is -0.355. The second kappa shape index (κ2) is 10.0. The van der Waals surface area contributed by atoms with Crippen molar-refractivity contribution in [2.24, 2.45) is 0 Å². The van der Waals surface area contributed by atoms with Crippen LogP contribution in [0.3, 0.4) is 0 Å². The molecule has 178 valence electrons. The van der Waals surface area contributed by atoms with Crippen LogP contribution in [0.15, 0.2) is 83.9 Å². The molecule has 0 atom stereocenters. The zero-order valence-corrected chi connectivity index (χ0v) is 21.2. The number of carbonyl (C=O) groups is 1. The van der Waals surface area contributed by atoms with E-state index in [4.69, 9.17) is 11.6 Å². The zero-order valence-electron chi connectivity index (χ0n) is 19.7. The number of aryl methyl sites for hydroxylation is 2. The molecule has 7 heteroatoms. The molecule has 0 saturated heterocycles. The van der Waals surface area contributed by atoms with Gasteiger partial charge in [0.1, 0.15) is 0 Å². The van der Waals surface area contributed by atoms with Crippen molar-refractivity contribution < 1.29 is 13.2 Å². The van der Waals surface area contributed by atoms with E-state index in [0.29, 0.717) is 33.1 Å². The molecule has 5 nitrogen and oxygen atoms in total. The lowest BCUT2D eigenvalue weighted by Crippen LogP contribution is -2.14. The summed E-state index contributed by atoms with van der Waals surface area (Å²) < 4.78 is 24.5. The van der Waals surface area contributed by atoms with Crippen molar-refractivity contribution in [2.75, 3.05) is 11.6 Å². The summed E-state index contributed by atoms with van der Waals surface area (Å²) in [7, 11) is -3.45. The van der Waals surface area contributed by atoms with E-state index in [9.17, 15) is 13.2 Å². The molecular weight excluding hydrogens is 480 g/mol. The number of aromatic nitrogens is 1. The summed E-state index contributed by atoms with van der Waals surface area (Å²) in [4.78, 5) is 17.9. The van der Waals surface area contributed by atoms with Crippen molar-refractivity contribution in [3.05, 3.63) is 101 Å². The van der Waals surface area contributed by atoms with Crippen LogP contribution < -0.4 is 5.32 Å². The molecule has 4 rings (SSSR count). The SMILES string of the molecule is CCc1ccc(-c2cc(S(C)(=O)=O)ccc2C(=O)Nc2ccc(Cl)c(-c3ccccn3)c2)cc1C. The molecule has 0 radical (unpaired) electrons. The number of hydrogen-bond acceptors (Lipinski definition) is 4. The summed E-state index contributed by atoms with van der Waals surface area (Å²) in [6.07, 6.45) is 3.72. The quantitative estimate of drug-likeness (QED) is 0.321. The molecule has 1 amide bonds. The normalized spacial score (nSPS) is 11.3. The molecule has 0 unspecified atom stereocenters. The molecule has 3 aromatic carbocycles. The number of pyridine rings is 1. The maximum Gasteiger partial charge on any atom is 0.256 e. The third-order valence-corrected chi connectivity index (χ3v) is 7.30. The van der Waals surface area contributed by atoms with Gasteiger partial charge in [0.15, 0.2) is 9.84 Å². The highest BCUT2D eigenvalue weighted by Gasteiger charge is 2.18. The Hall–Kier alpha value is -3.48. The van der Waals surface area contributed by atoms with E-state index >= 15 is 0 Å². The molecule has 4 aromatic rings. The van der Waals surface area contributed by atoms with Gasteiger partial charge in [-0.05, 0) is 84.1 Å². The van der Waals surface area contributed by atoms with E-state index < -0.39 is 9.84 Å². The molecule has 0 spiro atoms. The van der Waals surface area contributed by atoms with Gasteiger partial charge in [0.2, 0.25) is 0 Å². The maximum absolute atomic E-state index is 13.4. The molecule has 0 aliphatic heterocycles. The van der Waals surface area contributed by atoms with Crippen molar-refractivity contribution in [3.63, 3.8) is 0 Å². The summed E-state index contributed by atoms with van der Waals surface area (Å²) in [6.45, 7) is 4.09. The average molecular weight is 505 g/mol. The third-order valence-electron chi connectivity index (χ3n) is 5.86. The number of rotatable bonds is 6. The fraction of sp³-hybridized carbons (Fsp3) is 0.143. The van der Waals surface area contributed by atoms with Gasteiger partial charge in [-0.2, -0.15) is 0 Å². The molecule has 35 heavy (non-hydrogen) atoms. The Morgan fingerprint density at radius 2 is 1.77 bits per heavy atom. The van der Waals surface area contributed by atoms with Gasteiger partial charge in [0, 0.05) is 29.3 Å². The summed E-state index contributed by atoms with van der Waals surface area (Å²) in [5, 5.41) is 3.45. The highest BCUT2D eigenvalue weighted by molar-refractivity contribution is 7.90. The van der Waals surface area contributed by atoms with Gasteiger partial charge in [0.05, 0.1) is 15.6 Å². The molecule has 0 fully saturated rings. The van der Waals surface area contributed by atoms with Crippen LogP contribution in [0.25, 0.3) is 22.4 Å². The summed E-state index contributed by atoms with van der Waals surface area (Å²) in [5.41, 5.74) is 5.92. The Bertz CT molecular complexity index is 1520. The van der Waals surface area contributed by atoms with Crippen LogP contribution in [0.1, 0.15) is 28.4 Å². The minimum Gasteiger partial charge on any atom is -0.322 e. The van der Waals surface area contributed by atoms with Crippen LogP contribution in [0.4, 0.5) is 5.69 Å². The first-order valence-electron chi connectivity index (χ1n) is 11.1. The topological polar surface area (TPSA) is 76.1 Å². The van der Waals surface area contributed by atoms with Gasteiger partial charge in [-0.15, -0.1) is 0 Å². The van der Waals surface area contributed by atoms with Crippen LogP contribution in [0.5, 0.6) is 0 Å². The molecule has 1 heterocycles. The van der Waals surface area contributed by atoms with Crippen molar-refractivity contribution in [1.82, 2.24) is 4.98 Å². The Balaban J connectivity index is 1.76. The summed E-state index contributed by atoms with van der Waals surface area (Å²) in [6, 6.07) is 21.2. The van der Waals surface area contributed by atoms with E-state index in [2.05, 4.69) is 17.2 Å². The smallest absolute Gasteiger partial charge is 0.256 e. The van der Waals surface area contributed by atoms with Gasteiger partial charge in [-0.1, -0.05) is 42.8 Å². The molecule has 1 aromatic heterocycles. The predicted octanol–water partition coefficient (Wildman–Crippen LogP) is 6.60. The number of carbonyl (C=O) groups excluding carboxylic acids is 1. The lowest BCUT2D eigenvalue weighted by atomic mass is 9.95. The van der Waals surface area contributed by atoms with Crippen LogP contribution in [-0.4, -0.2) is 25.6 Å². The highest BCUT2D eigenvalue weighted by atomic mass is 35.5. The number of benzene rings is 3. The molecule has 0 saturated carbocycles. The predicted molar refractivity (Wildman–Crippen MR) is 142 cm³/mol. The van der Waals surface area contributed by atoms with Crippen molar-refractivity contribution in [3.8, 4) is 22.4 Å². The van der Waals surface area contributed by atoms with E-state index in [1.54, 1.807) is 36.5 Å². The molecule has 0 aliphatic rings. The van der Waals surface area contributed by atoms with Crippen LogP contribution in [0.2, 0.25) is 5.02 Å². The first-order chi connectivity index (χ1) is 16.7. The lowest BCUT2D eigenvalue weighted by molar-refractivity contribution is 0.102. The van der Waals surface area contributed by atoms with Crippen LogP contribution >= 0.6 is 11.6 Å². The molecule has 0 aliphatic carbocycles. The first kappa shape index (κ1) is 24.6. The van der Waals surface area contributed by atoms with Gasteiger partial charge in [-0.25, -0.2) is 8.42 Å². The fourth-order valence-electron chi connectivity index (χ4n) is 3.97. The first-order valence-corrected chi connectivity index (χ1v) is 13.4. The molecular formula is C28H25ClN2O3S. The number of amides is 1.